The van der Waals surface area contributed by atoms with Gasteiger partial charge >= 0.3 is 0 Å². The Labute approximate surface area is 131 Å². The molecule has 2 aliphatic heterocycles. The Kier molecular flexibility index (Phi) is 4.44. The molecule has 3 rings (SSSR count). The van der Waals surface area contributed by atoms with Crippen molar-refractivity contribution in [3.05, 3.63) is 28.8 Å². The van der Waals surface area contributed by atoms with E-state index in [0.29, 0.717) is 18.0 Å². The standard InChI is InChI=1S/C16H22Cl2N2/c1-12-10-19-7-3-2-4-14(19)11-20(12)16-6-5-13(9-17)8-15(16)18/h5-6,8,12,14H,2-4,7,9-11H2,1H3. The highest BCUT2D eigenvalue weighted by Crippen LogP contribution is 2.33. The molecule has 2 aliphatic rings. The molecule has 0 N–H and O–H groups in total. The summed E-state index contributed by atoms with van der Waals surface area (Å²) in [6, 6.07) is 7.44. The summed E-state index contributed by atoms with van der Waals surface area (Å²) in [5.74, 6) is 0.520. The molecule has 0 amide bonds. The topological polar surface area (TPSA) is 6.48 Å². The van der Waals surface area contributed by atoms with Crippen molar-refractivity contribution in [2.45, 2.75) is 44.1 Å². The number of rotatable bonds is 2. The van der Waals surface area contributed by atoms with Gasteiger partial charge in [-0.05, 0) is 44.0 Å². The summed E-state index contributed by atoms with van der Waals surface area (Å²) in [7, 11) is 0. The monoisotopic (exact) mass is 312 g/mol. The average molecular weight is 313 g/mol. The van der Waals surface area contributed by atoms with Crippen molar-refractivity contribution in [2.24, 2.45) is 0 Å². The van der Waals surface area contributed by atoms with Crippen molar-refractivity contribution in [2.75, 3.05) is 24.5 Å². The van der Waals surface area contributed by atoms with Crippen LogP contribution in [-0.2, 0) is 5.88 Å². The smallest absolute Gasteiger partial charge is 0.0642 e. The lowest BCUT2D eigenvalue weighted by molar-refractivity contribution is 0.115. The third-order valence-electron chi connectivity index (χ3n) is 4.66. The quantitative estimate of drug-likeness (QED) is 0.757. The van der Waals surface area contributed by atoms with Gasteiger partial charge in [0.25, 0.3) is 0 Å². The highest BCUT2D eigenvalue weighted by molar-refractivity contribution is 6.33. The largest absolute Gasteiger partial charge is 0.365 e. The van der Waals surface area contributed by atoms with Gasteiger partial charge in [0.15, 0.2) is 0 Å². The molecule has 2 atom stereocenters. The highest BCUT2D eigenvalue weighted by atomic mass is 35.5. The van der Waals surface area contributed by atoms with E-state index < -0.39 is 0 Å². The number of anilines is 1. The molecule has 2 saturated heterocycles. The second-order valence-corrected chi connectivity index (χ2v) is 6.74. The molecule has 0 saturated carbocycles. The number of fused-ring (bicyclic) bond motifs is 1. The first-order chi connectivity index (χ1) is 9.69. The van der Waals surface area contributed by atoms with E-state index in [1.165, 1.54) is 31.5 Å². The van der Waals surface area contributed by atoms with Crippen LogP contribution >= 0.6 is 23.2 Å². The third kappa shape index (κ3) is 2.79. The highest BCUT2D eigenvalue weighted by Gasteiger charge is 2.33. The first-order valence-corrected chi connectivity index (χ1v) is 8.45. The summed E-state index contributed by atoms with van der Waals surface area (Å²) in [5, 5.41) is 0.833. The summed E-state index contributed by atoms with van der Waals surface area (Å²) >= 11 is 12.3. The van der Waals surface area contributed by atoms with Crippen LogP contribution in [0.25, 0.3) is 0 Å². The fourth-order valence-corrected chi connectivity index (χ4v) is 4.03. The Balaban J connectivity index is 1.82. The zero-order valence-corrected chi connectivity index (χ0v) is 13.5. The number of alkyl halides is 1. The molecular formula is C16H22Cl2N2. The maximum Gasteiger partial charge on any atom is 0.0642 e. The van der Waals surface area contributed by atoms with Crippen LogP contribution in [0, 0.1) is 0 Å². The molecule has 110 valence electrons. The minimum absolute atomic E-state index is 0.517. The van der Waals surface area contributed by atoms with Crippen molar-refractivity contribution in [1.82, 2.24) is 4.90 Å². The molecule has 2 unspecified atom stereocenters. The first-order valence-electron chi connectivity index (χ1n) is 7.54. The van der Waals surface area contributed by atoms with Crippen molar-refractivity contribution in [3.63, 3.8) is 0 Å². The lowest BCUT2D eigenvalue weighted by atomic mass is 9.96. The third-order valence-corrected chi connectivity index (χ3v) is 5.27. The van der Waals surface area contributed by atoms with Crippen LogP contribution in [0.15, 0.2) is 18.2 Å². The lowest BCUT2D eigenvalue weighted by Gasteiger charge is -2.48. The number of hydrogen-bond acceptors (Lipinski definition) is 2. The van der Waals surface area contributed by atoms with Gasteiger partial charge in [0.2, 0.25) is 0 Å². The summed E-state index contributed by atoms with van der Waals surface area (Å²) < 4.78 is 0. The first kappa shape index (κ1) is 14.5. The van der Waals surface area contributed by atoms with Crippen LogP contribution in [0.2, 0.25) is 5.02 Å². The van der Waals surface area contributed by atoms with Crippen LogP contribution in [0.3, 0.4) is 0 Å². The zero-order valence-electron chi connectivity index (χ0n) is 12.0. The number of halogens is 2. The van der Waals surface area contributed by atoms with Crippen LogP contribution in [-0.4, -0.2) is 36.6 Å². The summed E-state index contributed by atoms with van der Waals surface area (Å²) in [4.78, 5) is 5.14. The molecule has 20 heavy (non-hydrogen) atoms. The fourth-order valence-electron chi connectivity index (χ4n) is 3.55. The predicted octanol–water partition coefficient (Wildman–Crippen LogP) is 4.14. The number of piperazine rings is 1. The van der Waals surface area contributed by atoms with Crippen molar-refractivity contribution >= 4 is 28.9 Å². The molecule has 4 heteroatoms. The van der Waals surface area contributed by atoms with Crippen molar-refractivity contribution < 1.29 is 0 Å². The minimum Gasteiger partial charge on any atom is -0.365 e. The second-order valence-electron chi connectivity index (χ2n) is 6.07. The molecule has 2 nitrogen and oxygen atoms in total. The predicted molar refractivity (Wildman–Crippen MR) is 87.0 cm³/mol. The Morgan fingerprint density at radius 2 is 2.10 bits per heavy atom. The Hall–Kier alpha value is -0.440. The maximum absolute atomic E-state index is 6.47. The molecule has 0 bridgehead atoms. The van der Waals surface area contributed by atoms with Crippen LogP contribution in [0.4, 0.5) is 5.69 Å². The van der Waals surface area contributed by atoms with Gasteiger partial charge in [-0.15, -0.1) is 11.6 Å². The Morgan fingerprint density at radius 3 is 2.85 bits per heavy atom. The number of hydrogen-bond donors (Lipinski definition) is 0. The van der Waals surface area contributed by atoms with Crippen LogP contribution < -0.4 is 4.90 Å². The SMILES string of the molecule is CC1CN2CCCCC2CN1c1ccc(CCl)cc1Cl. The molecule has 2 fully saturated rings. The Morgan fingerprint density at radius 1 is 1.25 bits per heavy atom. The zero-order chi connectivity index (χ0) is 14.1. The summed E-state index contributed by atoms with van der Waals surface area (Å²) in [5.41, 5.74) is 2.25. The number of piperidine rings is 1. The molecule has 1 aromatic rings. The minimum atomic E-state index is 0.517. The van der Waals surface area contributed by atoms with Crippen LogP contribution in [0.1, 0.15) is 31.7 Å². The van der Waals surface area contributed by atoms with Gasteiger partial charge in [-0.1, -0.05) is 24.1 Å². The molecule has 0 aromatic heterocycles. The van der Waals surface area contributed by atoms with E-state index in [9.17, 15) is 0 Å². The normalized spacial score (nSPS) is 27.4. The van der Waals surface area contributed by atoms with Crippen molar-refractivity contribution in [1.29, 1.82) is 0 Å². The summed E-state index contributed by atoms with van der Waals surface area (Å²) in [6.07, 6.45) is 4.04. The number of benzene rings is 1. The van der Waals surface area contributed by atoms with Gasteiger partial charge in [-0.3, -0.25) is 4.90 Å². The van der Waals surface area contributed by atoms with E-state index in [4.69, 9.17) is 23.2 Å². The van der Waals surface area contributed by atoms with Gasteiger partial charge in [-0.2, -0.15) is 0 Å². The van der Waals surface area contributed by atoms with Gasteiger partial charge in [0.1, 0.15) is 0 Å². The molecule has 0 spiro atoms. The van der Waals surface area contributed by atoms with Gasteiger partial charge in [0.05, 0.1) is 10.7 Å². The molecular weight excluding hydrogens is 291 g/mol. The van der Waals surface area contributed by atoms with E-state index in [1.807, 2.05) is 6.07 Å². The van der Waals surface area contributed by atoms with Gasteiger partial charge in [-0.25, -0.2) is 0 Å². The second kappa shape index (κ2) is 6.13. The van der Waals surface area contributed by atoms with E-state index in [0.717, 1.165) is 23.7 Å². The van der Waals surface area contributed by atoms with E-state index in [-0.39, 0.29) is 0 Å². The summed E-state index contributed by atoms with van der Waals surface area (Å²) in [6.45, 7) is 5.82. The molecule has 0 aliphatic carbocycles. The lowest BCUT2D eigenvalue weighted by Crippen LogP contribution is -2.58. The van der Waals surface area contributed by atoms with Crippen LogP contribution in [0.5, 0.6) is 0 Å². The van der Waals surface area contributed by atoms with E-state index in [2.05, 4.69) is 28.9 Å². The van der Waals surface area contributed by atoms with Crippen molar-refractivity contribution in [3.8, 4) is 0 Å². The average Bonchev–Trinajstić information content (AvgIpc) is 2.46. The Bertz CT molecular complexity index is 478. The molecule has 0 radical (unpaired) electrons. The maximum atomic E-state index is 6.47. The molecule has 1 aromatic carbocycles. The number of nitrogens with zero attached hydrogens (tertiary/aromatic N) is 2. The van der Waals surface area contributed by atoms with E-state index >= 15 is 0 Å². The van der Waals surface area contributed by atoms with Gasteiger partial charge < -0.3 is 4.90 Å². The van der Waals surface area contributed by atoms with Gasteiger partial charge in [0, 0.05) is 31.1 Å². The van der Waals surface area contributed by atoms with E-state index in [1.54, 1.807) is 0 Å². The fraction of sp³-hybridized carbons (Fsp3) is 0.625. The molecule has 2 heterocycles.